The number of hydrogen-bond acceptors (Lipinski definition) is 1. The lowest BCUT2D eigenvalue weighted by molar-refractivity contribution is -0.117. The molecule has 0 rings (SSSR count). The third kappa shape index (κ3) is 2.05. The van der Waals surface area contributed by atoms with E-state index in [-0.39, 0.29) is 5.12 Å². The molecule has 0 aromatic carbocycles. The summed E-state index contributed by atoms with van der Waals surface area (Å²) in [6, 6.07) is 0. The maximum atomic E-state index is 10.5. The number of alkyl halides is 1. The van der Waals surface area contributed by atoms with E-state index in [1.807, 2.05) is 0 Å². The molecule has 0 aromatic rings. The fraction of sp³-hybridized carbons (Fsp3) is 0.800. The van der Waals surface area contributed by atoms with Crippen molar-refractivity contribution in [2.24, 2.45) is 5.41 Å². The van der Waals surface area contributed by atoms with Gasteiger partial charge in [0.1, 0.15) is 0 Å². The molecule has 0 radical (unpaired) electrons. The fourth-order valence-corrected chi connectivity index (χ4v) is 0.351. The average molecular weight is 153 g/mol. The van der Waals surface area contributed by atoms with Gasteiger partial charge in [-0.1, -0.05) is 13.8 Å². The van der Waals surface area contributed by atoms with Gasteiger partial charge in [-0.05, 0) is 0 Å². The molecule has 0 bridgehead atoms. The summed E-state index contributed by atoms with van der Waals surface area (Å²) in [5, 5.41) is -0.160. The van der Waals surface area contributed by atoms with E-state index in [1.54, 1.807) is 13.8 Å². The zero-order valence-corrected chi connectivity index (χ0v) is 6.59. The predicted octanol–water partition coefficient (Wildman–Crippen LogP) is 1.71. The van der Waals surface area contributed by atoms with E-state index in [4.69, 9.17) is 11.6 Å². The Morgan fingerprint density at radius 3 is 2.12 bits per heavy atom. The maximum Gasteiger partial charge on any atom is 0.192 e. The number of thiol groups is 1. The quantitative estimate of drug-likeness (QED) is 0.471. The lowest BCUT2D eigenvalue weighted by atomic mass is 9.99. The van der Waals surface area contributed by atoms with Crippen LogP contribution in [0.15, 0.2) is 0 Å². The van der Waals surface area contributed by atoms with E-state index in [9.17, 15) is 4.79 Å². The number of halogens is 1. The molecular formula is C5H9ClOS. The molecule has 48 valence electrons. The first-order valence-electron chi connectivity index (χ1n) is 2.30. The highest BCUT2D eigenvalue weighted by atomic mass is 35.5. The fourth-order valence-electron chi connectivity index (χ4n) is 0.0572. The van der Waals surface area contributed by atoms with Crippen molar-refractivity contribution in [2.45, 2.75) is 13.8 Å². The molecule has 1 nitrogen and oxygen atoms in total. The summed E-state index contributed by atoms with van der Waals surface area (Å²) >= 11 is 9.05. The van der Waals surface area contributed by atoms with Crippen molar-refractivity contribution in [3.63, 3.8) is 0 Å². The minimum absolute atomic E-state index is 0.160. The second-order valence-electron chi connectivity index (χ2n) is 2.32. The maximum absolute atomic E-state index is 10.5. The molecule has 0 fully saturated rings. The van der Waals surface area contributed by atoms with Crippen LogP contribution in [0.3, 0.4) is 0 Å². The minimum Gasteiger partial charge on any atom is -0.287 e. The molecule has 0 aliphatic heterocycles. The van der Waals surface area contributed by atoms with Gasteiger partial charge in [-0.2, -0.15) is 0 Å². The third-order valence-corrected chi connectivity index (χ3v) is 2.19. The predicted molar refractivity (Wildman–Crippen MR) is 38.5 cm³/mol. The third-order valence-electron chi connectivity index (χ3n) is 0.913. The van der Waals surface area contributed by atoms with E-state index in [0.29, 0.717) is 5.88 Å². The number of hydrogen-bond donors (Lipinski definition) is 1. The molecule has 0 spiro atoms. The van der Waals surface area contributed by atoms with Gasteiger partial charge in [0, 0.05) is 11.3 Å². The van der Waals surface area contributed by atoms with Gasteiger partial charge >= 0.3 is 0 Å². The lowest BCUT2D eigenvalue weighted by Gasteiger charge is -2.14. The molecule has 0 amide bonds. The Kier molecular flexibility index (Phi) is 2.84. The van der Waals surface area contributed by atoms with Crippen LogP contribution in [-0.2, 0) is 4.79 Å². The number of rotatable bonds is 2. The second-order valence-corrected chi connectivity index (χ2v) is 3.00. The van der Waals surface area contributed by atoms with Crippen LogP contribution in [0.25, 0.3) is 0 Å². The van der Waals surface area contributed by atoms with Crippen LogP contribution in [0.2, 0.25) is 0 Å². The van der Waals surface area contributed by atoms with Crippen molar-refractivity contribution in [1.29, 1.82) is 0 Å². The van der Waals surface area contributed by atoms with Crippen LogP contribution < -0.4 is 0 Å². The van der Waals surface area contributed by atoms with E-state index < -0.39 is 5.41 Å². The zero-order valence-electron chi connectivity index (χ0n) is 4.94. The molecule has 8 heavy (non-hydrogen) atoms. The Labute approximate surface area is 59.8 Å². The topological polar surface area (TPSA) is 17.1 Å². The van der Waals surface area contributed by atoms with Gasteiger partial charge in [-0.15, -0.1) is 24.2 Å². The van der Waals surface area contributed by atoms with Crippen LogP contribution in [0, 0.1) is 5.41 Å². The molecule has 3 heteroatoms. The largest absolute Gasteiger partial charge is 0.287 e. The Balaban J connectivity index is 3.91. The van der Waals surface area contributed by atoms with E-state index in [2.05, 4.69) is 12.6 Å². The van der Waals surface area contributed by atoms with Gasteiger partial charge in [-0.3, -0.25) is 4.79 Å². The van der Waals surface area contributed by atoms with E-state index in [0.717, 1.165) is 0 Å². The monoisotopic (exact) mass is 152 g/mol. The summed E-state index contributed by atoms with van der Waals surface area (Å²) in [5.41, 5.74) is -0.468. The summed E-state index contributed by atoms with van der Waals surface area (Å²) in [4.78, 5) is 10.5. The van der Waals surface area contributed by atoms with Gasteiger partial charge in [0.2, 0.25) is 0 Å². The van der Waals surface area contributed by atoms with Crippen molar-refractivity contribution in [1.82, 2.24) is 0 Å². The molecule has 0 N–H and O–H groups in total. The first-order chi connectivity index (χ1) is 3.50. The van der Waals surface area contributed by atoms with Gasteiger partial charge in [0.25, 0.3) is 0 Å². The number of carbonyl (C=O) groups is 1. The summed E-state index contributed by atoms with van der Waals surface area (Å²) < 4.78 is 0. The van der Waals surface area contributed by atoms with Crippen LogP contribution in [-0.4, -0.2) is 11.0 Å². The summed E-state index contributed by atoms with van der Waals surface area (Å²) in [6.07, 6.45) is 0. The first kappa shape index (κ1) is 8.31. The number of carbonyl (C=O) groups excluding carboxylic acids is 1. The first-order valence-corrected chi connectivity index (χ1v) is 3.28. The van der Waals surface area contributed by atoms with Crippen LogP contribution >= 0.6 is 24.2 Å². The molecule has 0 aromatic heterocycles. The molecular weight excluding hydrogens is 144 g/mol. The Bertz CT molecular complexity index is 101. The molecule has 0 atom stereocenters. The standard InChI is InChI=1S/C5H9ClOS/c1-5(2,3-6)4(7)8/h3H2,1-2H3,(H,7,8). The molecule has 0 saturated carbocycles. The smallest absolute Gasteiger partial charge is 0.192 e. The van der Waals surface area contributed by atoms with Crippen LogP contribution in [0.1, 0.15) is 13.8 Å². The Morgan fingerprint density at radius 2 is 2.12 bits per heavy atom. The zero-order chi connectivity index (χ0) is 6.78. The lowest BCUT2D eigenvalue weighted by Crippen LogP contribution is -2.20. The Hall–Kier alpha value is 0.310. The minimum atomic E-state index is -0.468. The van der Waals surface area contributed by atoms with Crippen LogP contribution in [0.5, 0.6) is 0 Å². The van der Waals surface area contributed by atoms with Gasteiger partial charge in [0.05, 0.1) is 0 Å². The van der Waals surface area contributed by atoms with E-state index in [1.165, 1.54) is 0 Å². The molecule has 0 saturated heterocycles. The molecule has 0 aliphatic carbocycles. The van der Waals surface area contributed by atoms with Crippen molar-refractivity contribution < 1.29 is 4.79 Å². The second kappa shape index (κ2) is 2.74. The van der Waals surface area contributed by atoms with Crippen molar-refractivity contribution in [3.05, 3.63) is 0 Å². The highest BCUT2D eigenvalue weighted by molar-refractivity contribution is 7.96. The van der Waals surface area contributed by atoms with Crippen molar-refractivity contribution >= 4 is 29.3 Å². The summed E-state index contributed by atoms with van der Waals surface area (Å²) in [6.45, 7) is 3.52. The van der Waals surface area contributed by atoms with Crippen molar-refractivity contribution in [3.8, 4) is 0 Å². The highest BCUT2D eigenvalue weighted by Gasteiger charge is 2.22. The summed E-state index contributed by atoms with van der Waals surface area (Å²) in [5.74, 6) is 0.329. The molecule has 0 heterocycles. The average Bonchev–Trinajstić information content (AvgIpc) is 1.67. The summed E-state index contributed by atoms with van der Waals surface area (Å²) in [7, 11) is 0. The molecule has 0 aliphatic rings. The van der Waals surface area contributed by atoms with Crippen molar-refractivity contribution in [2.75, 3.05) is 5.88 Å². The van der Waals surface area contributed by atoms with Crippen LogP contribution in [0.4, 0.5) is 0 Å². The SMILES string of the molecule is CC(C)(CCl)C(=O)S. The Morgan fingerprint density at radius 1 is 1.75 bits per heavy atom. The van der Waals surface area contributed by atoms with Gasteiger partial charge in [0.15, 0.2) is 5.12 Å². The van der Waals surface area contributed by atoms with Gasteiger partial charge < -0.3 is 0 Å². The molecule has 0 unspecified atom stereocenters. The normalized spacial score (nSPS) is 11.5. The highest BCUT2D eigenvalue weighted by Crippen LogP contribution is 2.19. The van der Waals surface area contributed by atoms with Gasteiger partial charge in [-0.25, -0.2) is 0 Å². The van der Waals surface area contributed by atoms with E-state index >= 15 is 0 Å².